The van der Waals surface area contributed by atoms with Gasteiger partial charge in [-0.15, -0.1) is 0 Å². The zero-order valence-electron chi connectivity index (χ0n) is 15.8. The Hall–Kier alpha value is -2.38. The molecule has 2 aliphatic heterocycles. The van der Waals surface area contributed by atoms with Gasteiger partial charge in [-0.2, -0.15) is 0 Å². The number of fused-ring (bicyclic) bond motifs is 1. The average molecular weight is 400 g/mol. The van der Waals surface area contributed by atoms with Gasteiger partial charge in [0, 0.05) is 44.0 Å². The molecule has 0 atom stereocenters. The monoisotopic (exact) mass is 399 g/mol. The normalized spacial score (nSPS) is 16.6. The molecule has 28 heavy (non-hydrogen) atoms. The number of hydrogen-bond acceptors (Lipinski definition) is 4. The fourth-order valence-corrected chi connectivity index (χ4v) is 5.00. The number of sulfonamides is 1. The molecule has 0 aliphatic carbocycles. The highest BCUT2D eigenvalue weighted by Gasteiger charge is 2.22. The molecule has 2 aliphatic rings. The zero-order valence-corrected chi connectivity index (χ0v) is 16.6. The van der Waals surface area contributed by atoms with Crippen LogP contribution in [0.15, 0.2) is 53.4 Å². The maximum absolute atomic E-state index is 12.5. The van der Waals surface area contributed by atoms with Crippen LogP contribution in [-0.4, -0.2) is 40.5 Å². The van der Waals surface area contributed by atoms with Crippen LogP contribution < -0.4 is 14.5 Å². The van der Waals surface area contributed by atoms with E-state index in [-0.39, 0.29) is 10.8 Å². The van der Waals surface area contributed by atoms with E-state index in [2.05, 4.69) is 27.8 Å². The molecular weight excluding hydrogens is 374 g/mol. The second kappa shape index (κ2) is 7.93. The number of amides is 1. The minimum atomic E-state index is -3.54. The van der Waals surface area contributed by atoms with Crippen molar-refractivity contribution in [3.8, 4) is 0 Å². The molecule has 2 heterocycles. The van der Waals surface area contributed by atoms with Crippen LogP contribution in [-0.2, 0) is 21.2 Å². The van der Waals surface area contributed by atoms with Gasteiger partial charge in [-0.25, -0.2) is 13.1 Å². The lowest BCUT2D eigenvalue weighted by atomic mass is 10.2. The van der Waals surface area contributed by atoms with Crippen molar-refractivity contribution < 1.29 is 13.2 Å². The Kier molecular flexibility index (Phi) is 5.37. The Bertz CT molecular complexity index is 957. The summed E-state index contributed by atoms with van der Waals surface area (Å²) in [6.45, 7) is 2.91. The number of hydrogen-bond donors (Lipinski definition) is 1. The van der Waals surface area contributed by atoms with Crippen LogP contribution in [0.25, 0.3) is 0 Å². The lowest BCUT2D eigenvalue weighted by molar-refractivity contribution is -0.117. The molecule has 0 saturated carbocycles. The highest BCUT2D eigenvalue weighted by molar-refractivity contribution is 7.89. The number of nitrogens with one attached hydrogen (secondary N) is 1. The summed E-state index contributed by atoms with van der Waals surface area (Å²) in [5.41, 5.74) is 3.38. The first-order valence-corrected chi connectivity index (χ1v) is 11.3. The minimum absolute atomic E-state index is 0.0946. The van der Waals surface area contributed by atoms with E-state index in [1.165, 1.54) is 11.3 Å². The molecule has 7 heteroatoms. The number of carbonyl (C=O) groups is 1. The Balaban J connectivity index is 1.30. The van der Waals surface area contributed by atoms with Crippen molar-refractivity contribution in [2.24, 2.45) is 0 Å². The summed E-state index contributed by atoms with van der Waals surface area (Å²) >= 11 is 0. The smallest absolute Gasteiger partial charge is 0.240 e. The molecule has 0 aromatic heterocycles. The molecule has 2 aromatic rings. The van der Waals surface area contributed by atoms with E-state index in [9.17, 15) is 13.2 Å². The van der Waals surface area contributed by atoms with Gasteiger partial charge in [0.05, 0.1) is 4.90 Å². The fraction of sp³-hybridized carbons (Fsp3) is 0.381. The summed E-state index contributed by atoms with van der Waals surface area (Å²) in [4.78, 5) is 16.1. The van der Waals surface area contributed by atoms with Crippen LogP contribution >= 0.6 is 0 Å². The van der Waals surface area contributed by atoms with Crippen molar-refractivity contribution >= 4 is 27.3 Å². The van der Waals surface area contributed by atoms with Crippen LogP contribution in [0.5, 0.6) is 0 Å². The third kappa shape index (κ3) is 3.91. The third-order valence-corrected chi connectivity index (χ3v) is 6.89. The van der Waals surface area contributed by atoms with E-state index < -0.39 is 10.0 Å². The Labute approximate surface area is 166 Å². The average Bonchev–Trinajstić information content (AvgIpc) is 3.32. The van der Waals surface area contributed by atoms with Gasteiger partial charge >= 0.3 is 0 Å². The SMILES string of the molecule is O=C1CCCN1c1ccc(S(=O)(=O)NCCCN2CCc3ccccc32)cc1. The summed E-state index contributed by atoms with van der Waals surface area (Å²) in [6.07, 6.45) is 3.20. The van der Waals surface area contributed by atoms with Crippen molar-refractivity contribution in [2.45, 2.75) is 30.6 Å². The summed E-state index contributed by atoms with van der Waals surface area (Å²) in [5.74, 6) is 0.0946. The Morgan fingerprint density at radius 1 is 0.964 bits per heavy atom. The first-order valence-electron chi connectivity index (χ1n) is 9.77. The summed E-state index contributed by atoms with van der Waals surface area (Å²) < 4.78 is 27.7. The van der Waals surface area contributed by atoms with Crippen molar-refractivity contribution in [1.29, 1.82) is 0 Å². The number of benzene rings is 2. The highest BCUT2D eigenvalue weighted by Crippen LogP contribution is 2.27. The van der Waals surface area contributed by atoms with Gasteiger partial charge in [0.2, 0.25) is 15.9 Å². The van der Waals surface area contributed by atoms with E-state index in [0.717, 1.165) is 38.0 Å². The predicted octanol–water partition coefficient (Wildman–Crippen LogP) is 2.54. The second-order valence-electron chi connectivity index (χ2n) is 7.26. The molecule has 4 rings (SSSR count). The van der Waals surface area contributed by atoms with Crippen LogP contribution in [0.4, 0.5) is 11.4 Å². The molecule has 6 nitrogen and oxygen atoms in total. The van der Waals surface area contributed by atoms with Crippen molar-refractivity contribution in [2.75, 3.05) is 36.0 Å². The van der Waals surface area contributed by atoms with Gasteiger partial charge in [-0.05, 0) is 55.2 Å². The van der Waals surface area contributed by atoms with E-state index in [1.807, 2.05) is 6.07 Å². The van der Waals surface area contributed by atoms with E-state index >= 15 is 0 Å². The highest BCUT2D eigenvalue weighted by atomic mass is 32.2. The van der Waals surface area contributed by atoms with Gasteiger partial charge in [0.15, 0.2) is 0 Å². The van der Waals surface area contributed by atoms with Gasteiger partial charge in [0.25, 0.3) is 0 Å². The lowest BCUT2D eigenvalue weighted by Gasteiger charge is -2.19. The van der Waals surface area contributed by atoms with Crippen molar-refractivity contribution in [3.05, 3.63) is 54.1 Å². The molecule has 1 N–H and O–H groups in total. The molecule has 0 radical (unpaired) electrons. The first kappa shape index (κ1) is 19.0. The standard InChI is InChI=1S/C21H25N3O3S/c25-21-7-3-15-24(21)18-8-10-19(11-9-18)28(26,27)22-13-4-14-23-16-12-17-5-1-2-6-20(17)23/h1-2,5-6,8-11,22H,3-4,7,12-16H2. The third-order valence-electron chi connectivity index (χ3n) is 5.41. The molecule has 2 aromatic carbocycles. The molecule has 0 unspecified atom stereocenters. The van der Waals surface area contributed by atoms with E-state index in [4.69, 9.17) is 0 Å². The zero-order chi connectivity index (χ0) is 19.6. The van der Waals surface area contributed by atoms with Crippen LogP contribution in [0.3, 0.4) is 0 Å². The maximum atomic E-state index is 12.5. The second-order valence-corrected chi connectivity index (χ2v) is 9.03. The van der Waals surface area contributed by atoms with Crippen LogP contribution in [0.1, 0.15) is 24.8 Å². The Morgan fingerprint density at radius 3 is 2.50 bits per heavy atom. The number of anilines is 2. The lowest BCUT2D eigenvalue weighted by Crippen LogP contribution is -2.29. The molecule has 148 valence electrons. The molecule has 1 saturated heterocycles. The van der Waals surface area contributed by atoms with Crippen LogP contribution in [0, 0.1) is 0 Å². The summed E-state index contributed by atoms with van der Waals surface area (Å²) in [7, 11) is -3.54. The van der Waals surface area contributed by atoms with Crippen molar-refractivity contribution in [1.82, 2.24) is 4.72 Å². The number of para-hydroxylation sites is 1. The van der Waals surface area contributed by atoms with E-state index in [1.54, 1.807) is 29.2 Å². The topological polar surface area (TPSA) is 69.7 Å². The van der Waals surface area contributed by atoms with Gasteiger partial charge < -0.3 is 9.80 Å². The molecule has 1 fully saturated rings. The molecule has 0 spiro atoms. The Morgan fingerprint density at radius 2 is 1.75 bits per heavy atom. The number of rotatable bonds is 7. The first-order chi connectivity index (χ1) is 13.5. The molecule has 1 amide bonds. The van der Waals surface area contributed by atoms with Gasteiger partial charge in [-0.3, -0.25) is 4.79 Å². The quantitative estimate of drug-likeness (QED) is 0.727. The number of carbonyl (C=O) groups excluding carboxylic acids is 1. The molecule has 0 bridgehead atoms. The van der Waals surface area contributed by atoms with Crippen LogP contribution in [0.2, 0.25) is 0 Å². The molecular formula is C21H25N3O3S. The van der Waals surface area contributed by atoms with E-state index in [0.29, 0.717) is 19.5 Å². The predicted molar refractivity (Wildman–Crippen MR) is 110 cm³/mol. The largest absolute Gasteiger partial charge is 0.371 e. The van der Waals surface area contributed by atoms with Gasteiger partial charge in [0.1, 0.15) is 0 Å². The number of nitrogens with zero attached hydrogens (tertiary/aromatic N) is 2. The summed E-state index contributed by atoms with van der Waals surface area (Å²) in [5, 5.41) is 0. The van der Waals surface area contributed by atoms with Gasteiger partial charge in [-0.1, -0.05) is 18.2 Å². The maximum Gasteiger partial charge on any atom is 0.240 e. The van der Waals surface area contributed by atoms with Crippen molar-refractivity contribution in [3.63, 3.8) is 0 Å². The summed E-state index contributed by atoms with van der Waals surface area (Å²) in [6, 6.07) is 14.9. The fourth-order valence-electron chi connectivity index (χ4n) is 3.93. The minimum Gasteiger partial charge on any atom is -0.371 e.